The summed E-state index contributed by atoms with van der Waals surface area (Å²) in [6.07, 6.45) is 2.08. The molecule has 0 aliphatic heterocycles. The van der Waals surface area contributed by atoms with Crippen LogP contribution in [0.1, 0.15) is 1.37 Å². The molecule has 0 saturated heterocycles. The van der Waals surface area contributed by atoms with Crippen LogP contribution in [0, 0.1) is 0 Å². The van der Waals surface area contributed by atoms with Crippen molar-refractivity contribution in [2.45, 2.75) is 9.92 Å². The molecule has 4 heteroatoms. The summed E-state index contributed by atoms with van der Waals surface area (Å²) in [4.78, 5) is 10.1. The van der Waals surface area contributed by atoms with Gasteiger partial charge in [-0.15, -0.1) is 0 Å². The molecule has 6 aromatic rings. The van der Waals surface area contributed by atoms with Crippen LogP contribution < -0.4 is 0 Å². The van der Waals surface area contributed by atoms with E-state index in [9.17, 15) is 0 Å². The molecule has 3 nitrogen and oxygen atoms in total. The zero-order valence-electron chi connectivity index (χ0n) is 18.1. The van der Waals surface area contributed by atoms with Gasteiger partial charge in [0.15, 0.2) is 0 Å². The summed E-state index contributed by atoms with van der Waals surface area (Å²) in [5.74, 6) is 0.755. The molecule has 6 rings (SSSR count). The Morgan fingerprint density at radius 1 is 0.656 bits per heavy atom. The van der Waals surface area contributed by atoms with Gasteiger partial charge < -0.3 is 0 Å². The maximum absolute atomic E-state index is 8.02. The molecular weight excluding hydrogens is 410 g/mol. The molecule has 0 unspecified atom stereocenters. The van der Waals surface area contributed by atoms with Crippen LogP contribution in [0.4, 0.5) is 0 Å². The zero-order valence-corrected chi connectivity index (χ0v) is 18.0. The number of fused-ring (bicyclic) bond motifs is 3. The standard InChI is InChI=1S/C28H19N3S/c1-2-11-25-23(10-1)24-15-14-21(19-26(24)31(25)27-12-3-5-16-29-27)20-8-7-9-22(18-20)32-28-13-4-6-17-30-28/h1-19H/i16D. The fourth-order valence-electron chi connectivity index (χ4n) is 4.11. The van der Waals surface area contributed by atoms with E-state index in [0.717, 1.165) is 37.9 Å². The van der Waals surface area contributed by atoms with E-state index in [4.69, 9.17) is 1.37 Å². The molecule has 3 aromatic carbocycles. The minimum absolute atomic E-state index is 0.258. The van der Waals surface area contributed by atoms with Crippen molar-refractivity contribution in [3.05, 3.63) is 115 Å². The molecule has 152 valence electrons. The minimum atomic E-state index is 0.258. The van der Waals surface area contributed by atoms with Gasteiger partial charge in [-0.2, -0.15) is 0 Å². The van der Waals surface area contributed by atoms with E-state index in [1.165, 1.54) is 10.8 Å². The molecule has 0 N–H and O–H groups in total. The van der Waals surface area contributed by atoms with Gasteiger partial charge in [-0.25, -0.2) is 9.97 Å². The third-order valence-electron chi connectivity index (χ3n) is 5.53. The van der Waals surface area contributed by atoms with Crippen molar-refractivity contribution in [1.82, 2.24) is 14.5 Å². The van der Waals surface area contributed by atoms with E-state index >= 15 is 0 Å². The van der Waals surface area contributed by atoms with Gasteiger partial charge in [-0.3, -0.25) is 4.57 Å². The Kier molecular flexibility index (Phi) is 4.43. The average Bonchev–Trinajstić information content (AvgIpc) is 3.18. The molecule has 0 saturated carbocycles. The molecule has 0 radical (unpaired) electrons. The molecule has 0 aliphatic carbocycles. The monoisotopic (exact) mass is 430 g/mol. The van der Waals surface area contributed by atoms with Crippen LogP contribution in [0.2, 0.25) is 0 Å². The van der Waals surface area contributed by atoms with Crippen LogP contribution in [0.15, 0.2) is 125 Å². The van der Waals surface area contributed by atoms with Crippen molar-refractivity contribution >= 4 is 33.6 Å². The molecule has 0 spiro atoms. The van der Waals surface area contributed by atoms with Gasteiger partial charge in [-0.1, -0.05) is 66.4 Å². The van der Waals surface area contributed by atoms with Gasteiger partial charge in [0, 0.05) is 28.0 Å². The van der Waals surface area contributed by atoms with Crippen molar-refractivity contribution in [3.8, 4) is 16.9 Å². The van der Waals surface area contributed by atoms with Crippen molar-refractivity contribution in [1.29, 1.82) is 0 Å². The zero-order chi connectivity index (χ0) is 22.2. The molecule has 32 heavy (non-hydrogen) atoms. The lowest BCUT2D eigenvalue weighted by Gasteiger charge is -2.09. The summed E-state index contributed by atoms with van der Waals surface area (Å²) in [6, 6.07) is 35.0. The maximum Gasteiger partial charge on any atom is 0.137 e. The second-order valence-electron chi connectivity index (χ2n) is 7.51. The van der Waals surface area contributed by atoms with Gasteiger partial charge in [-0.05, 0) is 59.7 Å². The van der Waals surface area contributed by atoms with E-state index in [2.05, 4.69) is 75.2 Å². The highest BCUT2D eigenvalue weighted by Crippen LogP contribution is 2.35. The number of para-hydroxylation sites is 1. The lowest BCUT2D eigenvalue weighted by atomic mass is 10.0. The Bertz CT molecular complexity index is 1610. The van der Waals surface area contributed by atoms with Crippen LogP contribution >= 0.6 is 11.8 Å². The smallest absolute Gasteiger partial charge is 0.137 e. The number of rotatable bonds is 4. The summed E-state index contributed by atoms with van der Waals surface area (Å²) in [5, 5.41) is 3.33. The first kappa shape index (κ1) is 17.8. The molecule has 0 bridgehead atoms. The molecule has 0 atom stereocenters. The predicted octanol–water partition coefficient (Wildman–Crippen LogP) is 7.39. The van der Waals surface area contributed by atoms with Crippen molar-refractivity contribution < 1.29 is 1.37 Å². The van der Waals surface area contributed by atoms with E-state index < -0.39 is 0 Å². The Labute approximate surface area is 191 Å². The lowest BCUT2D eigenvalue weighted by molar-refractivity contribution is 1.08. The number of pyridine rings is 2. The van der Waals surface area contributed by atoms with E-state index in [1.807, 2.05) is 42.6 Å². The summed E-state index contributed by atoms with van der Waals surface area (Å²) in [5.41, 5.74) is 4.45. The summed E-state index contributed by atoms with van der Waals surface area (Å²) < 4.78 is 10.2. The van der Waals surface area contributed by atoms with Crippen LogP contribution in [0.25, 0.3) is 38.8 Å². The van der Waals surface area contributed by atoms with Gasteiger partial charge in [0.05, 0.1) is 12.4 Å². The largest absolute Gasteiger partial charge is 0.294 e. The number of aromatic nitrogens is 3. The average molecular weight is 431 g/mol. The van der Waals surface area contributed by atoms with Crippen molar-refractivity contribution in [2.24, 2.45) is 0 Å². The SMILES string of the molecule is [2H]c1cccc(-n2c3ccccc3c3ccc(-c4cccc(Sc5ccccn5)c4)cc32)n1. The first-order chi connectivity index (χ1) is 16.3. The quantitative estimate of drug-likeness (QED) is 0.292. The highest BCUT2D eigenvalue weighted by Gasteiger charge is 2.13. The van der Waals surface area contributed by atoms with Crippen LogP contribution in [0.3, 0.4) is 0 Å². The van der Waals surface area contributed by atoms with E-state index in [0.29, 0.717) is 0 Å². The third kappa shape index (κ3) is 3.35. The summed E-state index contributed by atoms with van der Waals surface area (Å²) in [7, 11) is 0. The van der Waals surface area contributed by atoms with E-state index in [1.54, 1.807) is 17.8 Å². The van der Waals surface area contributed by atoms with Gasteiger partial charge in [0.25, 0.3) is 0 Å². The van der Waals surface area contributed by atoms with Crippen molar-refractivity contribution in [2.75, 3.05) is 0 Å². The first-order valence-corrected chi connectivity index (χ1v) is 11.2. The number of nitrogens with zero attached hydrogens (tertiary/aromatic N) is 3. The number of hydrogen-bond donors (Lipinski definition) is 0. The van der Waals surface area contributed by atoms with Crippen molar-refractivity contribution in [3.63, 3.8) is 0 Å². The molecule has 3 heterocycles. The predicted molar refractivity (Wildman–Crippen MR) is 132 cm³/mol. The second-order valence-corrected chi connectivity index (χ2v) is 8.60. The van der Waals surface area contributed by atoms with E-state index in [-0.39, 0.29) is 6.17 Å². The lowest BCUT2D eigenvalue weighted by Crippen LogP contribution is -1.96. The highest BCUT2D eigenvalue weighted by atomic mass is 32.2. The Balaban J connectivity index is 1.51. The van der Waals surface area contributed by atoms with Gasteiger partial charge >= 0.3 is 0 Å². The molecule has 0 fully saturated rings. The normalized spacial score (nSPS) is 11.7. The topological polar surface area (TPSA) is 30.7 Å². The Morgan fingerprint density at radius 2 is 1.50 bits per heavy atom. The fraction of sp³-hybridized carbons (Fsp3) is 0. The van der Waals surface area contributed by atoms with Crippen LogP contribution in [0.5, 0.6) is 0 Å². The van der Waals surface area contributed by atoms with Crippen LogP contribution in [-0.2, 0) is 0 Å². The number of benzene rings is 3. The fourth-order valence-corrected chi connectivity index (χ4v) is 4.94. The molecule has 0 amide bonds. The second kappa shape index (κ2) is 7.98. The highest BCUT2D eigenvalue weighted by molar-refractivity contribution is 7.99. The molecule has 0 aliphatic rings. The summed E-state index contributed by atoms with van der Waals surface area (Å²) in [6.45, 7) is 0. The van der Waals surface area contributed by atoms with Gasteiger partial charge in [0.2, 0.25) is 0 Å². The summed E-state index contributed by atoms with van der Waals surface area (Å²) >= 11 is 1.66. The van der Waals surface area contributed by atoms with Crippen LogP contribution in [-0.4, -0.2) is 14.5 Å². The molecule has 3 aromatic heterocycles. The number of hydrogen-bond acceptors (Lipinski definition) is 3. The Morgan fingerprint density at radius 3 is 2.41 bits per heavy atom. The van der Waals surface area contributed by atoms with Gasteiger partial charge in [0.1, 0.15) is 10.8 Å². The maximum atomic E-state index is 8.02. The third-order valence-corrected chi connectivity index (χ3v) is 6.47. The molecular formula is C28H19N3S. The minimum Gasteiger partial charge on any atom is -0.294 e. The first-order valence-electron chi connectivity index (χ1n) is 10.9. The Hall–Kier alpha value is -3.89.